The summed E-state index contributed by atoms with van der Waals surface area (Å²) in [5.74, 6) is -0.537. The summed E-state index contributed by atoms with van der Waals surface area (Å²) in [5.41, 5.74) is 3.65. The van der Waals surface area contributed by atoms with Crippen LogP contribution in [0.25, 0.3) is 32.3 Å². The Balaban J connectivity index is 1.46. The fourth-order valence-corrected chi connectivity index (χ4v) is 5.09. The van der Waals surface area contributed by atoms with Crippen LogP contribution >= 0.6 is 0 Å². The van der Waals surface area contributed by atoms with Crippen molar-refractivity contribution in [1.82, 2.24) is 0 Å². The molecule has 5 nitrogen and oxygen atoms in total. The van der Waals surface area contributed by atoms with Gasteiger partial charge >= 0.3 is 11.9 Å². The lowest BCUT2D eigenvalue weighted by atomic mass is 9.93. The van der Waals surface area contributed by atoms with Gasteiger partial charge in [0, 0.05) is 29.2 Å². The summed E-state index contributed by atoms with van der Waals surface area (Å²) in [6.45, 7) is 7.06. The van der Waals surface area contributed by atoms with Crippen molar-refractivity contribution in [2.75, 3.05) is 4.90 Å². The lowest BCUT2D eigenvalue weighted by Gasteiger charge is -2.27. The van der Waals surface area contributed by atoms with E-state index in [1.54, 1.807) is 12.1 Å². The van der Waals surface area contributed by atoms with E-state index >= 15 is 0 Å². The maximum absolute atomic E-state index is 11.7. The Kier molecular flexibility index (Phi) is 6.46. The third-order valence-corrected chi connectivity index (χ3v) is 6.93. The highest BCUT2D eigenvalue weighted by Gasteiger charge is 2.17. The highest BCUT2D eigenvalue weighted by atomic mass is 16.5. The Bertz CT molecular complexity index is 1820. The van der Waals surface area contributed by atoms with E-state index in [1.807, 2.05) is 36.4 Å². The Morgan fingerprint density at radius 3 is 1.73 bits per heavy atom. The van der Waals surface area contributed by atoms with Crippen molar-refractivity contribution in [3.63, 3.8) is 0 Å². The predicted octanol–water partition coefficient (Wildman–Crippen LogP) is 8.37. The van der Waals surface area contributed by atoms with Crippen LogP contribution in [0.4, 0.5) is 17.1 Å². The second-order valence-electron chi connectivity index (χ2n) is 9.41. The highest BCUT2D eigenvalue weighted by molar-refractivity contribution is 6.23. The topological polar surface area (TPSA) is 55.8 Å². The minimum absolute atomic E-state index is 0.162. The summed E-state index contributed by atoms with van der Waals surface area (Å²) in [7, 11) is 0. The zero-order chi connectivity index (χ0) is 27.6. The molecule has 0 aliphatic carbocycles. The van der Waals surface area contributed by atoms with E-state index in [-0.39, 0.29) is 6.61 Å². The van der Waals surface area contributed by atoms with Crippen LogP contribution in [0.2, 0.25) is 0 Å². The lowest BCUT2D eigenvalue weighted by Crippen LogP contribution is -2.11. The molecule has 6 aromatic rings. The molecule has 0 atom stereocenters. The molecule has 0 heterocycles. The van der Waals surface area contributed by atoms with Crippen LogP contribution < -0.4 is 9.64 Å². The second-order valence-corrected chi connectivity index (χ2v) is 9.41. The molecule has 0 N–H and O–H groups in total. The van der Waals surface area contributed by atoms with E-state index in [1.165, 1.54) is 21.5 Å². The van der Waals surface area contributed by atoms with Crippen LogP contribution in [0.15, 0.2) is 128 Å². The fraction of sp³-hybridized carbons (Fsp3) is 0.0286. The average molecular weight is 524 g/mol. The minimum Gasteiger partial charge on any atom is -0.458 e. The lowest BCUT2D eigenvalue weighted by molar-refractivity contribution is -0.139. The van der Waals surface area contributed by atoms with Gasteiger partial charge in [-0.1, -0.05) is 67.8 Å². The highest BCUT2D eigenvalue weighted by Crippen LogP contribution is 2.41. The van der Waals surface area contributed by atoms with Crippen molar-refractivity contribution in [1.29, 1.82) is 0 Å². The number of hydrogen-bond acceptors (Lipinski definition) is 5. The van der Waals surface area contributed by atoms with Crippen LogP contribution in [0.3, 0.4) is 0 Å². The van der Waals surface area contributed by atoms with Crippen LogP contribution in [-0.4, -0.2) is 11.9 Å². The predicted molar refractivity (Wildman–Crippen MR) is 161 cm³/mol. The zero-order valence-electron chi connectivity index (χ0n) is 21.7. The van der Waals surface area contributed by atoms with Crippen LogP contribution in [0.5, 0.6) is 5.75 Å². The summed E-state index contributed by atoms with van der Waals surface area (Å²) in [6.07, 6.45) is 2.29. The van der Waals surface area contributed by atoms with Gasteiger partial charge in [-0.25, -0.2) is 9.59 Å². The van der Waals surface area contributed by atoms with Gasteiger partial charge in [0.05, 0.1) is 0 Å². The molecular weight excluding hydrogens is 498 g/mol. The molecule has 194 valence electrons. The van der Waals surface area contributed by atoms with E-state index in [4.69, 9.17) is 9.47 Å². The quantitative estimate of drug-likeness (QED) is 0.0868. The van der Waals surface area contributed by atoms with Gasteiger partial charge in [0.15, 0.2) is 0 Å². The number of esters is 2. The number of carbonyl (C=O) groups excluding carboxylic acids is 2. The molecule has 0 amide bonds. The molecule has 6 rings (SSSR count). The van der Waals surface area contributed by atoms with Gasteiger partial charge in [0.2, 0.25) is 0 Å². The molecule has 0 saturated carbocycles. The fourth-order valence-electron chi connectivity index (χ4n) is 5.09. The maximum atomic E-state index is 11.7. The molecule has 0 bridgehead atoms. The van der Waals surface area contributed by atoms with E-state index in [0.29, 0.717) is 5.75 Å². The molecule has 0 aliphatic rings. The summed E-state index contributed by atoms with van der Waals surface area (Å²) >= 11 is 0. The van der Waals surface area contributed by atoms with E-state index < -0.39 is 11.9 Å². The van der Waals surface area contributed by atoms with Gasteiger partial charge < -0.3 is 14.4 Å². The van der Waals surface area contributed by atoms with E-state index in [0.717, 1.165) is 45.6 Å². The molecule has 0 radical (unpaired) electrons. The summed E-state index contributed by atoms with van der Waals surface area (Å²) in [5, 5.41) is 7.24. The third kappa shape index (κ3) is 4.65. The van der Waals surface area contributed by atoms with Crippen molar-refractivity contribution in [2.24, 2.45) is 0 Å². The molecule has 6 aromatic carbocycles. The van der Waals surface area contributed by atoms with Gasteiger partial charge in [-0.05, 0) is 86.4 Å². The Labute approximate surface area is 231 Å². The van der Waals surface area contributed by atoms with Crippen LogP contribution in [0.1, 0.15) is 5.56 Å². The first-order valence-electron chi connectivity index (χ1n) is 12.8. The standard InChI is InChI=1S/C35H25NO4/c1-3-32(37)39-22-23-8-14-28(15-9-23)36(29-16-18-31(19-17-29)40-33(38)4-2)30-20-26-12-10-24-6-5-7-25-11-13-27(21-30)35(26)34(24)25/h3-21H,1-2,22H2. The third-order valence-electron chi connectivity index (χ3n) is 6.93. The maximum Gasteiger partial charge on any atom is 0.335 e. The van der Waals surface area contributed by atoms with Crippen LogP contribution in [-0.2, 0) is 20.9 Å². The summed E-state index contributed by atoms with van der Waals surface area (Å²) in [6, 6.07) is 34.6. The van der Waals surface area contributed by atoms with Crippen molar-refractivity contribution < 1.29 is 19.1 Å². The monoisotopic (exact) mass is 523 g/mol. The number of anilines is 3. The normalized spacial score (nSPS) is 11.0. The Morgan fingerprint density at radius 2 is 1.15 bits per heavy atom. The zero-order valence-corrected chi connectivity index (χ0v) is 21.7. The number of ether oxygens (including phenoxy) is 2. The largest absolute Gasteiger partial charge is 0.458 e. The summed E-state index contributed by atoms with van der Waals surface area (Å²) < 4.78 is 10.5. The Morgan fingerprint density at radius 1 is 0.625 bits per heavy atom. The first-order chi connectivity index (χ1) is 19.5. The van der Waals surface area contributed by atoms with Gasteiger partial charge in [0.1, 0.15) is 12.4 Å². The van der Waals surface area contributed by atoms with E-state index in [9.17, 15) is 9.59 Å². The second kappa shape index (κ2) is 10.4. The molecule has 0 aromatic heterocycles. The van der Waals surface area contributed by atoms with Gasteiger partial charge in [0.25, 0.3) is 0 Å². The van der Waals surface area contributed by atoms with Gasteiger partial charge in [-0.15, -0.1) is 0 Å². The molecule has 0 aliphatic heterocycles. The number of rotatable bonds is 8. The smallest absolute Gasteiger partial charge is 0.335 e. The molecule has 40 heavy (non-hydrogen) atoms. The molecule has 0 fully saturated rings. The molecule has 0 unspecified atom stereocenters. The first kappa shape index (κ1) is 24.9. The molecule has 0 saturated heterocycles. The molecule has 0 spiro atoms. The molecule has 5 heteroatoms. The van der Waals surface area contributed by atoms with Crippen molar-refractivity contribution in [3.8, 4) is 5.75 Å². The number of nitrogens with zero attached hydrogens (tertiary/aromatic N) is 1. The van der Waals surface area contributed by atoms with Crippen molar-refractivity contribution in [2.45, 2.75) is 6.61 Å². The van der Waals surface area contributed by atoms with Gasteiger partial charge in [-0.2, -0.15) is 0 Å². The average Bonchev–Trinajstić information content (AvgIpc) is 3.00. The van der Waals surface area contributed by atoms with Crippen molar-refractivity contribution in [3.05, 3.63) is 134 Å². The number of hydrogen-bond donors (Lipinski definition) is 0. The first-order valence-corrected chi connectivity index (χ1v) is 12.8. The Hall–Kier alpha value is -5.42. The minimum atomic E-state index is -0.510. The number of benzene rings is 6. The molecular formula is C35H25NO4. The van der Waals surface area contributed by atoms with Gasteiger partial charge in [-0.3, -0.25) is 0 Å². The van der Waals surface area contributed by atoms with Crippen molar-refractivity contribution >= 4 is 61.3 Å². The van der Waals surface area contributed by atoms with E-state index in [2.05, 4.69) is 72.7 Å². The van der Waals surface area contributed by atoms with Crippen LogP contribution in [0, 0.1) is 0 Å². The SMILES string of the molecule is C=CC(=O)OCc1ccc(N(c2ccc(OC(=O)C=C)cc2)c2cc3ccc4cccc5ccc(c2)c3c45)cc1. The summed E-state index contributed by atoms with van der Waals surface area (Å²) in [4.78, 5) is 25.3. The number of carbonyl (C=O) groups is 2.